The number of carbonyl (C=O) groups excluding carboxylic acids is 2. The Labute approximate surface area is 233 Å². The van der Waals surface area contributed by atoms with Gasteiger partial charge in [-0.2, -0.15) is 0 Å². The molecule has 1 aliphatic heterocycles. The fraction of sp³-hybridized carbons (Fsp3) is 0.355. The molecule has 3 aromatic carbocycles. The average molecular weight is 549 g/mol. The predicted octanol–water partition coefficient (Wildman–Crippen LogP) is 5.21. The van der Waals surface area contributed by atoms with Gasteiger partial charge in [-0.1, -0.05) is 43.5 Å². The van der Waals surface area contributed by atoms with E-state index in [0.717, 1.165) is 32.1 Å². The molecule has 0 bridgehead atoms. The van der Waals surface area contributed by atoms with E-state index in [-0.39, 0.29) is 18.6 Å². The van der Waals surface area contributed by atoms with Gasteiger partial charge in [0.25, 0.3) is 5.91 Å². The number of nitrogens with one attached hydrogen (secondary N) is 1. The maximum Gasteiger partial charge on any atom is 0.272 e. The van der Waals surface area contributed by atoms with E-state index in [1.165, 1.54) is 43.4 Å². The number of carbonyl (C=O) groups is 2. The molecule has 0 spiro atoms. The molecule has 5 rings (SSSR count). The Hall–Kier alpha value is -4.27. The van der Waals surface area contributed by atoms with Crippen LogP contribution in [-0.4, -0.2) is 44.8 Å². The van der Waals surface area contributed by atoms with E-state index in [2.05, 4.69) is 5.32 Å². The van der Waals surface area contributed by atoms with Crippen molar-refractivity contribution >= 4 is 17.5 Å². The zero-order valence-electron chi connectivity index (χ0n) is 22.6. The van der Waals surface area contributed by atoms with Crippen molar-refractivity contribution in [2.45, 2.75) is 50.3 Å². The van der Waals surface area contributed by atoms with Crippen molar-refractivity contribution < 1.29 is 32.9 Å². The number of benzene rings is 3. The number of methoxy groups -OCH3 is 2. The van der Waals surface area contributed by atoms with Gasteiger partial charge in [-0.15, -0.1) is 0 Å². The number of ether oxygens (including phenoxy) is 4. The third-order valence-corrected chi connectivity index (χ3v) is 7.31. The second-order valence-electron chi connectivity index (χ2n) is 9.91. The maximum atomic E-state index is 14.3. The molecule has 40 heavy (non-hydrogen) atoms. The molecule has 1 saturated carbocycles. The first-order valence-electron chi connectivity index (χ1n) is 13.5. The predicted molar refractivity (Wildman–Crippen MR) is 148 cm³/mol. The molecule has 0 saturated heterocycles. The standard InChI is InChI=1S/C31H33FN2O6/c1-37-24-17-16-23(18-27(24)38-2)34(31(36)28-19-39-25-10-6-7-11-26(25)40-28)29(20-12-14-21(32)15-13-20)30(35)33-22-8-4-3-5-9-22/h6-7,10-18,22,28-29H,3-5,8-9,19H2,1-2H3,(H,33,35). The quantitative estimate of drug-likeness (QED) is 0.416. The normalized spacial score (nSPS) is 17.4. The van der Waals surface area contributed by atoms with E-state index >= 15 is 0 Å². The van der Waals surface area contributed by atoms with Crippen molar-refractivity contribution in [3.8, 4) is 23.0 Å². The third-order valence-electron chi connectivity index (χ3n) is 7.31. The van der Waals surface area contributed by atoms with E-state index in [9.17, 15) is 14.0 Å². The lowest BCUT2D eigenvalue weighted by atomic mass is 9.94. The minimum atomic E-state index is -1.12. The van der Waals surface area contributed by atoms with Crippen molar-refractivity contribution in [1.82, 2.24) is 5.32 Å². The highest BCUT2D eigenvalue weighted by molar-refractivity contribution is 6.04. The van der Waals surface area contributed by atoms with Crippen LogP contribution < -0.4 is 29.2 Å². The molecule has 8 nitrogen and oxygen atoms in total. The molecule has 1 N–H and O–H groups in total. The van der Waals surface area contributed by atoms with Crippen LogP contribution in [0.25, 0.3) is 0 Å². The van der Waals surface area contributed by atoms with Gasteiger partial charge in [-0.05, 0) is 54.8 Å². The fourth-order valence-electron chi connectivity index (χ4n) is 5.26. The van der Waals surface area contributed by atoms with Crippen molar-refractivity contribution in [1.29, 1.82) is 0 Å². The van der Waals surface area contributed by atoms with E-state index in [1.807, 2.05) is 6.07 Å². The summed E-state index contributed by atoms with van der Waals surface area (Å²) in [5.41, 5.74) is 0.841. The van der Waals surface area contributed by atoms with Crippen LogP contribution in [0, 0.1) is 5.82 Å². The van der Waals surface area contributed by atoms with Crippen LogP contribution >= 0.6 is 0 Å². The summed E-state index contributed by atoms with van der Waals surface area (Å²) < 4.78 is 36.8. The van der Waals surface area contributed by atoms with Crippen LogP contribution in [0.15, 0.2) is 66.7 Å². The summed E-state index contributed by atoms with van der Waals surface area (Å²) in [6, 6.07) is 16.6. The number of hydrogen-bond donors (Lipinski definition) is 1. The van der Waals surface area contributed by atoms with Crippen molar-refractivity contribution in [2.75, 3.05) is 25.7 Å². The highest BCUT2D eigenvalue weighted by Crippen LogP contribution is 2.38. The van der Waals surface area contributed by atoms with Crippen LogP contribution in [0.1, 0.15) is 43.7 Å². The first kappa shape index (κ1) is 27.3. The summed E-state index contributed by atoms with van der Waals surface area (Å²) in [5, 5.41) is 3.15. The van der Waals surface area contributed by atoms with Gasteiger partial charge in [0.1, 0.15) is 18.5 Å². The van der Waals surface area contributed by atoms with Gasteiger partial charge in [-0.3, -0.25) is 14.5 Å². The number of amides is 2. The Morgan fingerprint density at radius 1 is 0.925 bits per heavy atom. The minimum absolute atomic E-state index is 0.00676. The largest absolute Gasteiger partial charge is 0.493 e. The molecule has 1 heterocycles. The van der Waals surface area contributed by atoms with Gasteiger partial charge < -0.3 is 24.3 Å². The summed E-state index contributed by atoms with van der Waals surface area (Å²) in [5.74, 6) is 0.524. The third kappa shape index (κ3) is 5.83. The summed E-state index contributed by atoms with van der Waals surface area (Å²) in [4.78, 5) is 29.8. The highest BCUT2D eigenvalue weighted by Gasteiger charge is 2.40. The second-order valence-corrected chi connectivity index (χ2v) is 9.91. The van der Waals surface area contributed by atoms with Crippen LogP contribution in [0.3, 0.4) is 0 Å². The first-order valence-corrected chi connectivity index (χ1v) is 13.5. The molecular weight excluding hydrogens is 515 g/mol. The number of halogens is 1. The monoisotopic (exact) mass is 548 g/mol. The molecule has 2 aliphatic rings. The summed E-state index contributed by atoms with van der Waals surface area (Å²) in [6.07, 6.45) is 3.87. The molecule has 2 unspecified atom stereocenters. The lowest BCUT2D eigenvalue weighted by molar-refractivity contribution is -0.132. The summed E-state index contributed by atoms with van der Waals surface area (Å²) >= 11 is 0. The first-order chi connectivity index (χ1) is 19.5. The number of hydrogen-bond acceptors (Lipinski definition) is 6. The molecule has 0 aromatic heterocycles. The van der Waals surface area contributed by atoms with Crippen molar-refractivity contribution in [3.05, 3.63) is 78.1 Å². The van der Waals surface area contributed by atoms with E-state index in [1.54, 1.807) is 36.4 Å². The molecule has 0 radical (unpaired) electrons. The Bertz CT molecular complexity index is 1340. The second kappa shape index (κ2) is 12.3. The number of anilines is 1. The number of nitrogens with zero attached hydrogens (tertiary/aromatic N) is 1. The smallest absolute Gasteiger partial charge is 0.272 e. The number of rotatable bonds is 8. The lowest BCUT2D eigenvalue weighted by Crippen LogP contribution is -2.52. The number of para-hydroxylation sites is 2. The highest BCUT2D eigenvalue weighted by atomic mass is 19.1. The number of fused-ring (bicyclic) bond motifs is 1. The zero-order valence-corrected chi connectivity index (χ0v) is 22.6. The van der Waals surface area contributed by atoms with Gasteiger partial charge in [0.05, 0.1) is 14.2 Å². The van der Waals surface area contributed by atoms with E-state index in [4.69, 9.17) is 18.9 Å². The summed E-state index contributed by atoms with van der Waals surface area (Å²) in [6.45, 7) is -0.0416. The van der Waals surface area contributed by atoms with Crippen molar-refractivity contribution in [3.63, 3.8) is 0 Å². The van der Waals surface area contributed by atoms with Crippen LogP contribution in [-0.2, 0) is 9.59 Å². The van der Waals surface area contributed by atoms with Gasteiger partial charge in [0.2, 0.25) is 12.0 Å². The minimum Gasteiger partial charge on any atom is -0.493 e. The maximum absolute atomic E-state index is 14.3. The molecule has 210 valence electrons. The topological polar surface area (TPSA) is 86.3 Å². The van der Waals surface area contributed by atoms with E-state index in [0.29, 0.717) is 34.2 Å². The molecule has 1 aliphatic carbocycles. The molecule has 3 aromatic rings. The van der Waals surface area contributed by atoms with Crippen molar-refractivity contribution in [2.24, 2.45) is 0 Å². The fourth-order valence-corrected chi connectivity index (χ4v) is 5.26. The summed E-state index contributed by atoms with van der Waals surface area (Å²) in [7, 11) is 3.01. The van der Waals surface area contributed by atoms with Crippen LogP contribution in [0.5, 0.6) is 23.0 Å². The molecule has 2 atom stereocenters. The van der Waals surface area contributed by atoms with E-state index < -0.39 is 23.9 Å². The zero-order chi connectivity index (χ0) is 28.1. The SMILES string of the molecule is COc1ccc(N(C(=O)C2COc3ccccc3O2)C(C(=O)NC2CCCCC2)c2ccc(F)cc2)cc1OC. The molecule has 9 heteroatoms. The molecular formula is C31H33FN2O6. The lowest BCUT2D eigenvalue weighted by Gasteiger charge is -2.36. The van der Waals surface area contributed by atoms with Gasteiger partial charge in [-0.25, -0.2) is 4.39 Å². The Morgan fingerprint density at radius 2 is 1.62 bits per heavy atom. The Balaban J connectivity index is 1.58. The van der Waals surface area contributed by atoms with Crippen LogP contribution in [0.2, 0.25) is 0 Å². The van der Waals surface area contributed by atoms with Gasteiger partial charge in [0.15, 0.2) is 23.0 Å². The van der Waals surface area contributed by atoms with Gasteiger partial charge >= 0.3 is 0 Å². The van der Waals surface area contributed by atoms with Gasteiger partial charge in [0, 0.05) is 17.8 Å². The average Bonchev–Trinajstić information content (AvgIpc) is 3.00. The Morgan fingerprint density at radius 3 is 2.33 bits per heavy atom. The Kier molecular flexibility index (Phi) is 8.38. The molecule has 2 amide bonds. The molecule has 1 fully saturated rings. The van der Waals surface area contributed by atoms with Crippen LogP contribution in [0.4, 0.5) is 10.1 Å².